The van der Waals surface area contributed by atoms with Crippen LogP contribution in [0, 0.1) is 22.7 Å². The number of allylic oxidation sites excluding steroid dienone is 1. The summed E-state index contributed by atoms with van der Waals surface area (Å²) in [5, 5.41) is 18.2. The van der Waals surface area contributed by atoms with Gasteiger partial charge in [0, 0.05) is 19.3 Å². The number of benzene rings is 1. The van der Waals surface area contributed by atoms with Gasteiger partial charge in [-0.1, -0.05) is 31.9 Å². The van der Waals surface area contributed by atoms with Gasteiger partial charge in [-0.3, -0.25) is 0 Å². The molecular weight excluding hydrogens is 340 g/mol. The molecule has 0 N–H and O–H groups in total. The van der Waals surface area contributed by atoms with Gasteiger partial charge in [0.2, 0.25) is 0 Å². The standard InChI is InChI=1S/C22H24N2O3/c1-4-25-12-9-19-7-8-20(15-18(16-23)17-24)22(11-14-27-6-3)21(19)10-13-26-5-2/h4-8,15H,1-3,9-14H2. The van der Waals surface area contributed by atoms with E-state index < -0.39 is 0 Å². The van der Waals surface area contributed by atoms with E-state index in [0.717, 1.165) is 22.3 Å². The van der Waals surface area contributed by atoms with Crippen LogP contribution < -0.4 is 0 Å². The van der Waals surface area contributed by atoms with Crippen LogP contribution in [0.4, 0.5) is 0 Å². The maximum atomic E-state index is 9.10. The van der Waals surface area contributed by atoms with E-state index in [2.05, 4.69) is 19.7 Å². The van der Waals surface area contributed by atoms with Crippen molar-refractivity contribution in [2.45, 2.75) is 19.3 Å². The lowest BCUT2D eigenvalue weighted by Gasteiger charge is -2.18. The Balaban J connectivity index is 3.38. The third-order valence-corrected chi connectivity index (χ3v) is 3.89. The van der Waals surface area contributed by atoms with Gasteiger partial charge in [-0.2, -0.15) is 10.5 Å². The first-order chi connectivity index (χ1) is 13.2. The molecule has 0 radical (unpaired) electrons. The molecule has 140 valence electrons. The van der Waals surface area contributed by atoms with Crippen LogP contribution in [0.25, 0.3) is 6.08 Å². The van der Waals surface area contributed by atoms with E-state index in [-0.39, 0.29) is 5.57 Å². The third kappa shape index (κ3) is 7.13. The second kappa shape index (κ2) is 12.9. The summed E-state index contributed by atoms with van der Waals surface area (Å²) < 4.78 is 15.9. The molecule has 0 saturated heterocycles. The van der Waals surface area contributed by atoms with Crippen LogP contribution in [-0.2, 0) is 33.5 Å². The van der Waals surface area contributed by atoms with E-state index in [9.17, 15) is 0 Å². The van der Waals surface area contributed by atoms with Crippen molar-refractivity contribution in [1.29, 1.82) is 10.5 Å². The van der Waals surface area contributed by atoms with Crippen molar-refractivity contribution in [3.63, 3.8) is 0 Å². The van der Waals surface area contributed by atoms with Crippen molar-refractivity contribution >= 4 is 6.08 Å². The molecule has 0 spiro atoms. The molecule has 0 heterocycles. The van der Waals surface area contributed by atoms with Crippen LogP contribution in [0.15, 0.2) is 56.2 Å². The van der Waals surface area contributed by atoms with E-state index in [1.807, 2.05) is 24.3 Å². The molecule has 0 amide bonds. The minimum absolute atomic E-state index is 0.0527. The lowest BCUT2D eigenvalue weighted by Crippen LogP contribution is -2.10. The average molecular weight is 364 g/mol. The topological polar surface area (TPSA) is 75.3 Å². The zero-order valence-electron chi connectivity index (χ0n) is 15.4. The molecule has 0 unspecified atom stereocenters. The van der Waals surface area contributed by atoms with Crippen LogP contribution in [0.3, 0.4) is 0 Å². The minimum Gasteiger partial charge on any atom is -0.501 e. The first kappa shape index (κ1) is 21.6. The highest BCUT2D eigenvalue weighted by Gasteiger charge is 2.14. The second-order valence-electron chi connectivity index (χ2n) is 5.42. The zero-order chi connectivity index (χ0) is 19.9. The fourth-order valence-corrected chi connectivity index (χ4v) is 2.72. The minimum atomic E-state index is 0.0527. The van der Waals surface area contributed by atoms with Gasteiger partial charge < -0.3 is 14.2 Å². The molecule has 5 nitrogen and oxygen atoms in total. The summed E-state index contributed by atoms with van der Waals surface area (Å²) in [6.45, 7) is 12.1. The number of ether oxygens (including phenoxy) is 3. The highest BCUT2D eigenvalue weighted by atomic mass is 16.5. The Bertz CT molecular complexity index is 751. The summed E-state index contributed by atoms with van der Waals surface area (Å²) >= 11 is 0. The molecule has 0 aliphatic heterocycles. The Morgan fingerprint density at radius 2 is 1.33 bits per heavy atom. The summed E-state index contributed by atoms with van der Waals surface area (Å²) in [7, 11) is 0. The van der Waals surface area contributed by atoms with Crippen molar-refractivity contribution in [1.82, 2.24) is 0 Å². The number of hydrogen-bond acceptors (Lipinski definition) is 5. The first-order valence-corrected chi connectivity index (χ1v) is 8.54. The number of nitriles is 2. The lowest BCUT2D eigenvalue weighted by molar-refractivity contribution is 0.246. The van der Waals surface area contributed by atoms with Crippen LogP contribution in [0.1, 0.15) is 22.3 Å². The van der Waals surface area contributed by atoms with Crippen molar-refractivity contribution in [2.75, 3.05) is 19.8 Å². The molecule has 0 aliphatic rings. The fourth-order valence-electron chi connectivity index (χ4n) is 2.72. The van der Waals surface area contributed by atoms with Crippen LogP contribution in [0.5, 0.6) is 0 Å². The van der Waals surface area contributed by atoms with Gasteiger partial charge in [0.15, 0.2) is 0 Å². The summed E-state index contributed by atoms with van der Waals surface area (Å²) in [4.78, 5) is 0. The van der Waals surface area contributed by atoms with E-state index >= 15 is 0 Å². The van der Waals surface area contributed by atoms with Crippen molar-refractivity contribution < 1.29 is 14.2 Å². The van der Waals surface area contributed by atoms with Gasteiger partial charge in [0.25, 0.3) is 0 Å². The first-order valence-electron chi connectivity index (χ1n) is 8.54. The quantitative estimate of drug-likeness (QED) is 0.297. The Labute approximate surface area is 161 Å². The van der Waals surface area contributed by atoms with Crippen LogP contribution in [0.2, 0.25) is 0 Å². The van der Waals surface area contributed by atoms with Gasteiger partial charge in [-0.25, -0.2) is 0 Å². The Kier molecular flexibility index (Phi) is 10.3. The fraction of sp³-hybridized carbons (Fsp3) is 0.273. The molecule has 27 heavy (non-hydrogen) atoms. The normalized spacial score (nSPS) is 9.26. The molecule has 0 bridgehead atoms. The van der Waals surface area contributed by atoms with E-state index in [1.165, 1.54) is 18.8 Å². The monoisotopic (exact) mass is 364 g/mol. The van der Waals surface area contributed by atoms with Gasteiger partial charge in [0.1, 0.15) is 17.7 Å². The average Bonchev–Trinajstić information content (AvgIpc) is 2.69. The number of hydrogen-bond donors (Lipinski definition) is 0. The molecular formula is C22H24N2O3. The van der Waals surface area contributed by atoms with E-state index in [0.29, 0.717) is 39.1 Å². The molecule has 5 heteroatoms. The van der Waals surface area contributed by atoms with Gasteiger partial charge in [-0.05, 0) is 28.3 Å². The highest BCUT2D eigenvalue weighted by molar-refractivity contribution is 5.66. The number of rotatable bonds is 13. The second-order valence-corrected chi connectivity index (χ2v) is 5.42. The summed E-state index contributed by atoms with van der Waals surface area (Å²) in [5.41, 5.74) is 4.11. The summed E-state index contributed by atoms with van der Waals surface area (Å²) in [5.74, 6) is 0. The van der Waals surface area contributed by atoms with Gasteiger partial charge in [-0.15, -0.1) is 0 Å². The molecule has 0 aromatic heterocycles. The van der Waals surface area contributed by atoms with Crippen molar-refractivity contribution in [3.05, 3.63) is 78.5 Å². The molecule has 1 rings (SSSR count). The highest BCUT2D eigenvalue weighted by Crippen LogP contribution is 2.24. The predicted molar refractivity (Wildman–Crippen MR) is 105 cm³/mol. The SMILES string of the molecule is C=COCCc1ccc(C=C(C#N)C#N)c(CCOC=C)c1CCOC=C. The van der Waals surface area contributed by atoms with Crippen molar-refractivity contribution in [3.8, 4) is 12.1 Å². The Morgan fingerprint density at radius 1 is 0.815 bits per heavy atom. The summed E-state index contributed by atoms with van der Waals surface area (Å²) in [6.07, 6.45) is 7.81. The van der Waals surface area contributed by atoms with E-state index in [1.54, 1.807) is 6.08 Å². The third-order valence-electron chi connectivity index (χ3n) is 3.89. The maximum absolute atomic E-state index is 9.10. The van der Waals surface area contributed by atoms with Crippen LogP contribution >= 0.6 is 0 Å². The van der Waals surface area contributed by atoms with Gasteiger partial charge in [0.05, 0.1) is 38.6 Å². The molecule has 0 atom stereocenters. The number of nitrogens with zero attached hydrogens (tertiary/aromatic N) is 2. The predicted octanol–water partition coefficient (Wildman–Crippen LogP) is 4.22. The molecule has 0 saturated carbocycles. The Morgan fingerprint density at radius 3 is 1.85 bits per heavy atom. The van der Waals surface area contributed by atoms with Crippen molar-refractivity contribution in [2.24, 2.45) is 0 Å². The molecule has 0 aliphatic carbocycles. The Hall–Kier alpha value is -3.44. The molecule has 1 aromatic rings. The molecule has 0 fully saturated rings. The smallest absolute Gasteiger partial charge is 0.130 e. The lowest BCUT2D eigenvalue weighted by atomic mass is 9.90. The molecule has 1 aromatic carbocycles. The van der Waals surface area contributed by atoms with E-state index in [4.69, 9.17) is 24.7 Å². The zero-order valence-corrected chi connectivity index (χ0v) is 15.4. The van der Waals surface area contributed by atoms with Crippen LogP contribution in [-0.4, -0.2) is 19.8 Å². The maximum Gasteiger partial charge on any atom is 0.130 e. The largest absolute Gasteiger partial charge is 0.501 e. The summed E-state index contributed by atoms with van der Waals surface area (Å²) in [6, 6.07) is 7.72. The van der Waals surface area contributed by atoms with Gasteiger partial charge >= 0.3 is 0 Å².